The zero-order valence-corrected chi connectivity index (χ0v) is 10.0. The van der Waals surface area contributed by atoms with E-state index in [0.717, 1.165) is 6.54 Å². The fourth-order valence-corrected chi connectivity index (χ4v) is 3.27. The lowest BCUT2D eigenvalue weighted by Crippen LogP contribution is -2.46. The third kappa shape index (κ3) is 2.25. The average molecular weight is 216 g/mol. The van der Waals surface area contributed by atoms with Crippen LogP contribution in [0.3, 0.4) is 0 Å². The van der Waals surface area contributed by atoms with Crippen LogP contribution >= 0.6 is 11.6 Å². The van der Waals surface area contributed by atoms with Crippen molar-refractivity contribution in [2.75, 3.05) is 19.6 Å². The van der Waals surface area contributed by atoms with Gasteiger partial charge in [0.25, 0.3) is 0 Å². The average Bonchev–Trinajstić information content (AvgIpc) is 2.11. The van der Waals surface area contributed by atoms with Crippen molar-refractivity contribution in [2.45, 2.75) is 50.8 Å². The maximum Gasteiger partial charge on any atom is 0.0463 e. The van der Waals surface area contributed by atoms with E-state index in [0.29, 0.717) is 10.8 Å². The highest BCUT2D eigenvalue weighted by atomic mass is 35.5. The Morgan fingerprint density at radius 3 is 2.64 bits per heavy atom. The summed E-state index contributed by atoms with van der Waals surface area (Å²) in [6, 6.07) is 0. The molecule has 1 saturated heterocycles. The van der Waals surface area contributed by atoms with E-state index in [4.69, 9.17) is 11.6 Å². The second-order valence-corrected chi connectivity index (χ2v) is 5.80. The molecule has 0 radical (unpaired) electrons. The molecule has 0 aromatic rings. The van der Waals surface area contributed by atoms with Crippen LogP contribution in [-0.2, 0) is 0 Å². The minimum absolute atomic E-state index is 0.415. The van der Waals surface area contributed by atoms with E-state index in [2.05, 4.69) is 11.8 Å². The quantitative estimate of drug-likeness (QED) is 0.654. The predicted octanol–water partition coefficient (Wildman–Crippen LogP) is 3.27. The Labute approximate surface area is 92.8 Å². The van der Waals surface area contributed by atoms with Crippen LogP contribution in [0.1, 0.15) is 45.4 Å². The van der Waals surface area contributed by atoms with Crippen molar-refractivity contribution in [1.82, 2.24) is 4.90 Å². The first-order valence-electron chi connectivity index (χ1n) is 6.10. The Bertz CT molecular complexity index is 183. The number of alkyl halides is 1. The molecule has 0 aromatic heterocycles. The van der Waals surface area contributed by atoms with Gasteiger partial charge in [-0.15, -0.1) is 11.6 Å². The van der Waals surface area contributed by atoms with Crippen molar-refractivity contribution in [3.05, 3.63) is 0 Å². The summed E-state index contributed by atoms with van der Waals surface area (Å²) in [6.45, 7) is 6.07. The van der Waals surface area contributed by atoms with Crippen LogP contribution in [0.15, 0.2) is 0 Å². The Morgan fingerprint density at radius 1 is 1.36 bits per heavy atom. The van der Waals surface area contributed by atoms with Crippen LogP contribution in [0.2, 0.25) is 0 Å². The number of likely N-dealkylation sites (tertiary alicyclic amines) is 1. The number of hydrogen-bond donors (Lipinski definition) is 0. The van der Waals surface area contributed by atoms with Gasteiger partial charge in [-0.2, -0.15) is 0 Å². The van der Waals surface area contributed by atoms with Crippen molar-refractivity contribution in [3.8, 4) is 0 Å². The Kier molecular flexibility index (Phi) is 3.38. The van der Waals surface area contributed by atoms with Crippen LogP contribution in [0, 0.1) is 5.41 Å². The van der Waals surface area contributed by atoms with Gasteiger partial charge in [-0.05, 0) is 44.1 Å². The molecule has 1 unspecified atom stereocenters. The first kappa shape index (κ1) is 10.8. The summed E-state index contributed by atoms with van der Waals surface area (Å²) in [7, 11) is 0. The molecule has 1 aliphatic carbocycles. The molecule has 82 valence electrons. The van der Waals surface area contributed by atoms with Crippen molar-refractivity contribution in [1.29, 1.82) is 0 Å². The summed E-state index contributed by atoms with van der Waals surface area (Å²) in [5, 5.41) is 0.415. The second kappa shape index (κ2) is 4.40. The van der Waals surface area contributed by atoms with E-state index >= 15 is 0 Å². The first-order chi connectivity index (χ1) is 6.74. The Hall–Kier alpha value is 0.250. The van der Waals surface area contributed by atoms with Crippen LogP contribution in [0.25, 0.3) is 0 Å². The second-order valence-electron chi connectivity index (χ2n) is 5.18. The maximum absolute atomic E-state index is 6.20. The van der Waals surface area contributed by atoms with Crippen molar-refractivity contribution in [3.63, 3.8) is 0 Å². The monoisotopic (exact) mass is 215 g/mol. The van der Waals surface area contributed by atoms with Crippen molar-refractivity contribution in [2.24, 2.45) is 5.41 Å². The van der Waals surface area contributed by atoms with Crippen LogP contribution in [0.5, 0.6) is 0 Å². The highest BCUT2D eigenvalue weighted by Crippen LogP contribution is 2.44. The van der Waals surface area contributed by atoms with Crippen molar-refractivity contribution < 1.29 is 0 Å². The van der Waals surface area contributed by atoms with Gasteiger partial charge in [0, 0.05) is 18.5 Å². The standard InChI is InChI=1S/C12H22ClN/c1-2-12(6-4-7-12)10-14-8-3-5-11(13)9-14/h11H,2-10H2,1H3. The number of nitrogens with zero attached hydrogens (tertiary/aromatic N) is 1. The zero-order valence-electron chi connectivity index (χ0n) is 9.27. The van der Waals surface area contributed by atoms with E-state index in [1.807, 2.05) is 0 Å². The van der Waals surface area contributed by atoms with E-state index in [9.17, 15) is 0 Å². The molecule has 0 spiro atoms. The van der Waals surface area contributed by atoms with Gasteiger partial charge in [0.2, 0.25) is 0 Å². The molecule has 0 N–H and O–H groups in total. The summed E-state index contributed by atoms with van der Waals surface area (Å²) in [5.41, 5.74) is 0.675. The van der Waals surface area contributed by atoms with Gasteiger partial charge in [0.15, 0.2) is 0 Å². The summed E-state index contributed by atoms with van der Waals surface area (Å²) >= 11 is 6.20. The number of halogens is 1. The highest BCUT2D eigenvalue weighted by Gasteiger charge is 2.37. The summed E-state index contributed by atoms with van der Waals surface area (Å²) < 4.78 is 0. The predicted molar refractivity (Wildman–Crippen MR) is 61.9 cm³/mol. The molecule has 1 atom stereocenters. The smallest absolute Gasteiger partial charge is 0.0463 e. The number of piperidine rings is 1. The minimum atomic E-state index is 0.415. The third-order valence-electron chi connectivity index (χ3n) is 4.17. The lowest BCUT2D eigenvalue weighted by molar-refractivity contribution is 0.0541. The molecule has 1 saturated carbocycles. The molecule has 2 fully saturated rings. The number of rotatable bonds is 3. The molecule has 0 bridgehead atoms. The van der Waals surface area contributed by atoms with E-state index in [1.165, 1.54) is 51.6 Å². The van der Waals surface area contributed by atoms with Gasteiger partial charge in [-0.1, -0.05) is 13.3 Å². The largest absolute Gasteiger partial charge is 0.301 e. The lowest BCUT2D eigenvalue weighted by Gasteiger charge is -2.46. The SMILES string of the molecule is CCC1(CN2CCCC(Cl)C2)CCC1. The molecule has 1 heterocycles. The molecule has 0 aromatic carbocycles. The molecular formula is C12H22ClN. The number of hydrogen-bond acceptors (Lipinski definition) is 1. The van der Waals surface area contributed by atoms with Gasteiger partial charge in [0.05, 0.1) is 0 Å². The van der Waals surface area contributed by atoms with Gasteiger partial charge in [-0.25, -0.2) is 0 Å². The fraction of sp³-hybridized carbons (Fsp3) is 1.00. The fourth-order valence-electron chi connectivity index (χ4n) is 2.92. The molecule has 1 aliphatic heterocycles. The third-order valence-corrected chi connectivity index (χ3v) is 4.53. The van der Waals surface area contributed by atoms with Gasteiger partial charge in [-0.3, -0.25) is 0 Å². The maximum atomic E-state index is 6.20. The molecule has 1 nitrogen and oxygen atoms in total. The molecular weight excluding hydrogens is 194 g/mol. The van der Waals surface area contributed by atoms with Gasteiger partial charge < -0.3 is 4.90 Å². The molecule has 2 rings (SSSR count). The van der Waals surface area contributed by atoms with E-state index in [-0.39, 0.29) is 0 Å². The highest BCUT2D eigenvalue weighted by molar-refractivity contribution is 6.20. The van der Waals surface area contributed by atoms with E-state index < -0.39 is 0 Å². The Balaban J connectivity index is 1.83. The summed E-state index contributed by atoms with van der Waals surface area (Å²) in [5.74, 6) is 0. The summed E-state index contributed by atoms with van der Waals surface area (Å²) in [4.78, 5) is 2.60. The minimum Gasteiger partial charge on any atom is -0.301 e. The zero-order chi connectivity index (χ0) is 10.0. The summed E-state index contributed by atoms with van der Waals surface area (Å²) in [6.07, 6.45) is 8.23. The van der Waals surface area contributed by atoms with Crippen LogP contribution in [-0.4, -0.2) is 29.9 Å². The normalized spacial score (nSPS) is 32.6. The van der Waals surface area contributed by atoms with Gasteiger partial charge in [0.1, 0.15) is 0 Å². The molecule has 2 aliphatic rings. The lowest BCUT2D eigenvalue weighted by atomic mass is 9.66. The Morgan fingerprint density at radius 2 is 2.14 bits per heavy atom. The topological polar surface area (TPSA) is 3.24 Å². The van der Waals surface area contributed by atoms with Crippen LogP contribution in [0.4, 0.5) is 0 Å². The van der Waals surface area contributed by atoms with Gasteiger partial charge >= 0.3 is 0 Å². The first-order valence-corrected chi connectivity index (χ1v) is 6.54. The molecule has 0 amide bonds. The van der Waals surface area contributed by atoms with Crippen molar-refractivity contribution >= 4 is 11.6 Å². The van der Waals surface area contributed by atoms with Crippen LogP contribution < -0.4 is 0 Å². The van der Waals surface area contributed by atoms with E-state index in [1.54, 1.807) is 0 Å². The molecule has 2 heteroatoms. The molecule has 14 heavy (non-hydrogen) atoms.